The van der Waals surface area contributed by atoms with Crippen molar-refractivity contribution >= 4 is 5.97 Å². The molecule has 0 radical (unpaired) electrons. The Hall–Kier alpha value is -0.830. The van der Waals surface area contributed by atoms with Gasteiger partial charge in [0.1, 0.15) is 0 Å². The zero-order chi connectivity index (χ0) is 17.1. The summed E-state index contributed by atoms with van der Waals surface area (Å²) in [5, 5.41) is 21.5. The van der Waals surface area contributed by atoms with Gasteiger partial charge in [0, 0.05) is 12.4 Å². The van der Waals surface area contributed by atoms with E-state index in [9.17, 15) is 15.0 Å². The van der Waals surface area contributed by atoms with E-state index < -0.39 is 5.97 Å². The van der Waals surface area contributed by atoms with Gasteiger partial charge in [-0.25, -0.2) is 0 Å². The SMILES string of the molecule is C[C@]12CC=C(CC(=O)[O-])C[C@@H]1CC[C@H]1[C@H]2CC[C@]2(C)[C@@H](O)CC[C@@H]12. The number of carboxylic acid groups (broad SMARTS) is 1. The molecule has 3 fully saturated rings. The van der Waals surface area contributed by atoms with Gasteiger partial charge in [-0.2, -0.15) is 0 Å². The molecule has 7 atom stereocenters. The van der Waals surface area contributed by atoms with Gasteiger partial charge in [0.2, 0.25) is 0 Å². The second-order valence-corrected chi connectivity index (χ2v) is 9.61. The molecule has 0 spiro atoms. The summed E-state index contributed by atoms with van der Waals surface area (Å²) in [6.07, 6.45) is 11.3. The minimum absolute atomic E-state index is 0.102. The van der Waals surface area contributed by atoms with Crippen molar-refractivity contribution in [3.05, 3.63) is 11.6 Å². The van der Waals surface area contributed by atoms with Crippen molar-refractivity contribution in [3.63, 3.8) is 0 Å². The van der Waals surface area contributed by atoms with E-state index >= 15 is 0 Å². The van der Waals surface area contributed by atoms with Crippen LogP contribution in [0.1, 0.15) is 71.6 Å². The Balaban J connectivity index is 1.58. The van der Waals surface area contributed by atoms with Crippen molar-refractivity contribution in [2.75, 3.05) is 0 Å². The molecule has 3 heteroatoms. The van der Waals surface area contributed by atoms with E-state index in [0.717, 1.165) is 43.1 Å². The molecule has 24 heavy (non-hydrogen) atoms. The lowest BCUT2D eigenvalue weighted by Crippen LogP contribution is -2.53. The summed E-state index contributed by atoms with van der Waals surface area (Å²) < 4.78 is 0. The largest absolute Gasteiger partial charge is 0.550 e. The maximum absolute atomic E-state index is 11.0. The fourth-order valence-corrected chi connectivity index (χ4v) is 7.25. The first-order chi connectivity index (χ1) is 11.3. The fourth-order valence-electron chi connectivity index (χ4n) is 7.25. The molecule has 0 aliphatic heterocycles. The lowest BCUT2D eigenvalue weighted by atomic mass is 9.45. The van der Waals surface area contributed by atoms with Crippen LogP contribution in [0.15, 0.2) is 11.6 Å². The highest BCUT2D eigenvalue weighted by molar-refractivity contribution is 5.67. The molecule has 4 aliphatic carbocycles. The molecular formula is C21H31O3-. The summed E-state index contributed by atoms with van der Waals surface area (Å²) in [6.45, 7) is 4.80. The van der Waals surface area contributed by atoms with E-state index in [-0.39, 0.29) is 17.9 Å². The number of hydrogen-bond acceptors (Lipinski definition) is 3. The second kappa shape index (κ2) is 5.59. The number of aliphatic hydroxyl groups is 1. The van der Waals surface area contributed by atoms with E-state index in [0.29, 0.717) is 17.3 Å². The maximum Gasteiger partial charge on any atom is 0.0596 e. The minimum atomic E-state index is -0.938. The van der Waals surface area contributed by atoms with Crippen molar-refractivity contribution in [2.45, 2.75) is 77.7 Å². The summed E-state index contributed by atoms with van der Waals surface area (Å²) in [6, 6.07) is 0. The zero-order valence-electron chi connectivity index (χ0n) is 15.1. The van der Waals surface area contributed by atoms with Crippen LogP contribution in [-0.4, -0.2) is 17.2 Å². The summed E-state index contributed by atoms with van der Waals surface area (Å²) in [7, 11) is 0. The van der Waals surface area contributed by atoms with Gasteiger partial charge in [0.15, 0.2) is 0 Å². The number of aliphatic hydroxyl groups excluding tert-OH is 1. The minimum Gasteiger partial charge on any atom is -0.550 e. The van der Waals surface area contributed by atoms with Gasteiger partial charge in [-0.15, -0.1) is 0 Å². The highest BCUT2D eigenvalue weighted by Gasteiger charge is 2.59. The van der Waals surface area contributed by atoms with Crippen molar-refractivity contribution in [3.8, 4) is 0 Å². The molecule has 3 nitrogen and oxygen atoms in total. The summed E-state index contributed by atoms with van der Waals surface area (Å²) in [5.74, 6) is 1.90. The smallest absolute Gasteiger partial charge is 0.0596 e. The Morgan fingerprint density at radius 1 is 1.17 bits per heavy atom. The summed E-state index contributed by atoms with van der Waals surface area (Å²) in [5.41, 5.74) is 1.57. The van der Waals surface area contributed by atoms with Crippen molar-refractivity contribution in [1.82, 2.24) is 0 Å². The zero-order valence-corrected chi connectivity index (χ0v) is 15.1. The third-order valence-electron chi connectivity index (χ3n) is 8.73. The average molecular weight is 331 g/mol. The topological polar surface area (TPSA) is 60.4 Å². The normalized spacial score (nSPS) is 50.5. The summed E-state index contributed by atoms with van der Waals surface area (Å²) >= 11 is 0. The van der Waals surface area contributed by atoms with Crippen LogP contribution >= 0.6 is 0 Å². The van der Waals surface area contributed by atoms with E-state index in [1.54, 1.807) is 0 Å². The number of rotatable bonds is 2. The number of hydrogen-bond donors (Lipinski definition) is 1. The molecule has 0 aromatic heterocycles. The van der Waals surface area contributed by atoms with Gasteiger partial charge < -0.3 is 15.0 Å². The Bertz CT molecular complexity index is 567. The van der Waals surface area contributed by atoms with E-state index in [1.165, 1.54) is 25.7 Å². The van der Waals surface area contributed by atoms with Crippen molar-refractivity contribution in [1.29, 1.82) is 0 Å². The first kappa shape index (κ1) is 16.6. The van der Waals surface area contributed by atoms with Crippen LogP contribution in [-0.2, 0) is 4.79 Å². The molecule has 4 aliphatic rings. The molecule has 1 N–H and O–H groups in total. The number of allylic oxidation sites excluding steroid dienone is 1. The van der Waals surface area contributed by atoms with E-state index in [4.69, 9.17) is 0 Å². The standard InChI is InChI=1S/C21H32O3/c1-20-9-7-13(12-19(23)24)11-14(20)3-4-15-16-5-6-18(22)21(16,2)10-8-17(15)20/h7,14-18,22H,3-6,8-12H2,1-2H3,(H,23,24)/p-1/t14-,15+,16-,17+,18-,20-,21-/m0/s1. The number of aliphatic carboxylic acids is 1. The highest BCUT2D eigenvalue weighted by Crippen LogP contribution is 2.66. The Morgan fingerprint density at radius 2 is 1.92 bits per heavy atom. The van der Waals surface area contributed by atoms with Crippen molar-refractivity contribution < 1.29 is 15.0 Å². The Morgan fingerprint density at radius 3 is 2.67 bits per heavy atom. The van der Waals surface area contributed by atoms with Gasteiger partial charge >= 0.3 is 0 Å². The molecule has 4 rings (SSSR count). The average Bonchev–Trinajstić information content (AvgIpc) is 2.83. The molecule has 0 amide bonds. The molecular weight excluding hydrogens is 300 g/mol. The van der Waals surface area contributed by atoms with Crippen LogP contribution in [0, 0.1) is 34.5 Å². The van der Waals surface area contributed by atoms with Gasteiger partial charge in [-0.05, 0) is 85.9 Å². The van der Waals surface area contributed by atoms with E-state index in [2.05, 4.69) is 19.9 Å². The quantitative estimate of drug-likeness (QED) is 0.791. The number of carbonyl (C=O) groups is 1. The number of fused-ring (bicyclic) bond motifs is 5. The Kier molecular flexibility index (Phi) is 3.87. The second-order valence-electron chi connectivity index (χ2n) is 9.61. The third-order valence-corrected chi connectivity index (χ3v) is 8.73. The molecule has 0 heterocycles. The van der Waals surface area contributed by atoms with Crippen LogP contribution in [0.4, 0.5) is 0 Å². The van der Waals surface area contributed by atoms with Crippen LogP contribution in [0.25, 0.3) is 0 Å². The third kappa shape index (κ3) is 2.30. The number of carboxylic acids is 1. The van der Waals surface area contributed by atoms with Crippen LogP contribution < -0.4 is 5.11 Å². The first-order valence-corrected chi connectivity index (χ1v) is 9.90. The van der Waals surface area contributed by atoms with Crippen LogP contribution in [0.5, 0.6) is 0 Å². The van der Waals surface area contributed by atoms with Crippen molar-refractivity contribution in [2.24, 2.45) is 34.5 Å². The molecule has 0 aromatic rings. The number of carbonyl (C=O) groups excluding carboxylic acids is 1. The predicted molar refractivity (Wildman–Crippen MR) is 90.8 cm³/mol. The molecule has 3 saturated carbocycles. The predicted octanol–water partition coefficient (Wildman–Crippen LogP) is 3.07. The highest BCUT2D eigenvalue weighted by atomic mass is 16.4. The Labute approximate surface area is 145 Å². The monoisotopic (exact) mass is 331 g/mol. The van der Waals surface area contributed by atoms with Gasteiger partial charge in [0.05, 0.1) is 6.10 Å². The molecule has 134 valence electrons. The first-order valence-electron chi connectivity index (χ1n) is 9.90. The van der Waals surface area contributed by atoms with E-state index in [1.807, 2.05) is 0 Å². The molecule has 0 saturated heterocycles. The maximum atomic E-state index is 11.0. The molecule has 0 unspecified atom stereocenters. The van der Waals surface area contributed by atoms with Gasteiger partial charge in [-0.1, -0.05) is 25.5 Å². The lowest BCUT2D eigenvalue weighted by molar-refractivity contribution is -0.304. The molecule has 0 aromatic carbocycles. The lowest BCUT2D eigenvalue weighted by Gasteiger charge is -2.59. The van der Waals surface area contributed by atoms with Crippen LogP contribution in [0.2, 0.25) is 0 Å². The van der Waals surface area contributed by atoms with Gasteiger partial charge in [-0.3, -0.25) is 0 Å². The van der Waals surface area contributed by atoms with Gasteiger partial charge in [0.25, 0.3) is 0 Å². The molecule has 0 bridgehead atoms. The fraction of sp³-hybridized carbons (Fsp3) is 0.857. The summed E-state index contributed by atoms with van der Waals surface area (Å²) in [4.78, 5) is 11.0. The van der Waals surface area contributed by atoms with Crippen LogP contribution in [0.3, 0.4) is 0 Å².